The number of benzene rings is 3. The van der Waals surface area contributed by atoms with Crippen LogP contribution < -0.4 is 5.32 Å². The fourth-order valence-electron chi connectivity index (χ4n) is 2.95. The van der Waals surface area contributed by atoms with Gasteiger partial charge in [0.2, 0.25) is 6.10 Å². The van der Waals surface area contributed by atoms with E-state index in [2.05, 4.69) is 5.32 Å². The number of nitrogens with one attached hydrogen (secondary N) is 1. The number of Topliss-reactive ketones (excluding diaryl/α,β-unsaturated/α-hetero) is 1. The third-order valence-electron chi connectivity index (χ3n) is 4.55. The number of hydrogen-bond acceptors (Lipinski definition) is 5. The highest BCUT2D eigenvalue weighted by Gasteiger charge is 2.27. The second kappa shape index (κ2) is 10.5. The molecule has 158 valence electrons. The number of nitrogens with zero attached hydrogens (tertiary/aromatic N) is 1. The lowest BCUT2D eigenvalue weighted by molar-refractivity contribution is -0.150. The number of carbonyl (C=O) groups excluding carboxylic acids is 3. The SMILES string of the molecule is CC(=O)c1cccc(NC(=O)[C@@H](OC(=O)/C(C#N)=C/c2ccccc2)c2ccccc2)c1. The van der Waals surface area contributed by atoms with Gasteiger partial charge in [-0.05, 0) is 30.7 Å². The lowest BCUT2D eigenvalue weighted by Gasteiger charge is -2.18. The lowest BCUT2D eigenvalue weighted by atomic mass is 10.1. The van der Waals surface area contributed by atoms with Gasteiger partial charge in [-0.1, -0.05) is 72.8 Å². The molecule has 0 aliphatic carbocycles. The van der Waals surface area contributed by atoms with Crippen LogP contribution in [-0.4, -0.2) is 17.7 Å². The maximum Gasteiger partial charge on any atom is 0.350 e. The van der Waals surface area contributed by atoms with Gasteiger partial charge < -0.3 is 10.1 Å². The zero-order valence-electron chi connectivity index (χ0n) is 17.3. The van der Waals surface area contributed by atoms with Gasteiger partial charge in [0.05, 0.1) is 0 Å². The van der Waals surface area contributed by atoms with Crippen LogP contribution in [0, 0.1) is 11.3 Å². The number of rotatable bonds is 7. The molecule has 32 heavy (non-hydrogen) atoms. The van der Waals surface area contributed by atoms with Gasteiger partial charge >= 0.3 is 5.97 Å². The van der Waals surface area contributed by atoms with E-state index in [1.165, 1.54) is 13.0 Å². The van der Waals surface area contributed by atoms with E-state index in [9.17, 15) is 19.6 Å². The Morgan fingerprint density at radius 1 is 0.938 bits per heavy atom. The van der Waals surface area contributed by atoms with E-state index in [1.807, 2.05) is 12.1 Å². The van der Waals surface area contributed by atoms with Crippen LogP contribution in [0.4, 0.5) is 5.69 Å². The number of esters is 1. The molecule has 3 rings (SSSR count). The summed E-state index contributed by atoms with van der Waals surface area (Å²) in [5, 5.41) is 12.1. The largest absolute Gasteiger partial charge is 0.443 e. The normalized spacial score (nSPS) is 11.7. The average molecular weight is 424 g/mol. The van der Waals surface area contributed by atoms with Crippen LogP contribution >= 0.6 is 0 Å². The third kappa shape index (κ3) is 5.77. The van der Waals surface area contributed by atoms with Gasteiger partial charge in [-0.15, -0.1) is 0 Å². The van der Waals surface area contributed by atoms with Crippen LogP contribution in [0.15, 0.2) is 90.5 Å². The molecule has 0 saturated heterocycles. The number of nitriles is 1. The van der Waals surface area contributed by atoms with Gasteiger partial charge in [-0.3, -0.25) is 9.59 Å². The number of ketones is 1. The van der Waals surface area contributed by atoms with Crippen molar-refractivity contribution in [3.05, 3.63) is 107 Å². The summed E-state index contributed by atoms with van der Waals surface area (Å²) in [6, 6.07) is 25.6. The van der Waals surface area contributed by atoms with Crippen molar-refractivity contribution >= 4 is 29.4 Å². The number of carbonyl (C=O) groups is 3. The Morgan fingerprint density at radius 3 is 2.22 bits per heavy atom. The van der Waals surface area contributed by atoms with Crippen molar-refractivity contribution in [2.45, 2.75) is 13.0 Å². The standard InChI is InChI=1S/C26H20N2O4/c1-18(29)21-13-8-14-23(16-21)28-25(30)24(20-11-6-3-7-12-20)32-26(31)22(17-27)15-19-9-4-2-5-10-19/h2-16,24H,1H3,(H,28,30)/b22-15+/t24-/m0/s1. The smallest absolute Gasteiger partial charge is 0.350 e. The fraction of sp³-hybridized carbons (Fsp3) is 0.0769. The molecular weight excluding hydrogens is 404 g/mol. The van der Waals surface area contributed by atoms with E-state index < -0.39 is 18.0 Å². The van der Waals surface area contributed by atoms with Crippen LogP contribution in [0.3, 0.4) is 0 Å². The fourth-order valence-corrected chi connectivity index (χ4v) is 2.95. The minimum Gasteiger partial charge on any atom is -0.443 e. The predicted molar refractivity (Wildman–Crippen MR) is 120 cm³/mol. The van der Waals surface area contributed by atoms with Gasteiger partial charge in [0.25, 0.3) is 5.91 Å². The first-order valence-corrected chi connectivity index (χ1v) is 9.82. The number of anilines is 1. The Hall–Kier alpha value is -4.50. The van der Waals surface area contributed by atoms with Crippen molar-refractivity contribution in [2.75, 3.05) is 5.32 Å². The van der Waals surface area contributed by atoms with E-state index in [0.717, 1.165) is 0 Å². The highest BCUT2D eigenvalue weighted by atomic mass is 16.5. The molecule has 0 aliphatic heterocycles. The molecule has 0 aliphatic rings. The Balaban J connectivity index is 1.86. The van der Waals surface area contributed by atoms with Crippen molar-refractivity contribution < 1.29 is 19.1 Å². The van der Waals surface area contributed by atoms with Crippen LogP contribution in [-0.2, 0) is 14.3 Å². The Bertz CT molecular complexity index is 1200. The first-order valence-electron chi connectivity index (χ1n) is 9.82. The molecule has 6 nitrogen and oxygen atoms in total. The minimum atomic E-state index is -1.29. The van der Waals surface area contributed by atoms with E-state index in [0.29, 0.717) is 22.4 Å². The number of hydrogen-bond donors (Lipinski definition) is 1. The molecule has 0 radical (unpaired) electrons. The summed E-state index contributed by atoms with van der Waals surface area (Å²) < 4.78 is 5.46. The summed E-state index contributed by atoms with van der Waals surface area (Å²) in [4.78, 5) is 37.4. The topological polar surface area (TPSA) is 96.3 Å². The second-order valence-corrected chi connectivity index (χ2v) is 6.90. The summed E-state index contributed by atoms with van der Waals surface area (Å²) in [5.74, 6) is -1.67. The maximum atomic E-state index is 13.0. The summed E-state index contributed by atoms with van der Waals surface area (Å²) in [6.45, 7) is 1.43. The zero-order chi connectivity index (χ0) is 22.9. The molecule has 3 aromatic carbocycles. The van der Waals surface area contributed by atoms with Crippen molar-refractivity contribution in [1.29, 1.82) is 5.26 Å². The Morgan fingerprint density at radius 2 is 1.59 bits per heavy atom. The lowest BCUT2D eigenvalue weighted by Crippen LogP contribution is -2.26. The van der Waals surface area contributed by atoms with Crippen molar-refractivity contribution in [2.24, 2.45) is 0 Å². The van der Waals surface area contributed by atoms with Gasteiger partial charge in [0.1, 0.15) is 11.6 Å². The number of amides is 1. The average Bonchev–Trinajstić information content (AvgIpc) is 2.82. The summed E-state index contributed by atoms with van der Waals surface area (Å²) >= 11 is 0. The van der Waals surface area contributed by atoms with Crippen molar-refractivity contribution in [3.63, 3.8) is 0 Å². The van der Waals surface area contributed by atoms with Gasteiger partial charge in [-0.25, -0.2) is 4.79 Å². The summed E-state index contributed by atoms with van der Waals surface area (Å²) in [7, 11) is 0. The molecule has 6 heteroatoms. The van der Waals surface area contributed by atoms with E-state index in [4.69, 9.17) is 4.74 Å². The molecule has 1 N–H and O–H groups in total. The van der Waals surface area contributed by atoms with Crippen molar-refractivity contribution in [1.82, 2.24) is 0 Å². The molecule has 0 heterocycles. The molecule has 1 amide bonds. The maximum absolute atomic E-state index is 13.0. The van der Waals surface area contributed by atoms with E-state index in [1.54, 1.807) is 78.9 Å². The first kappa shape index (κ1) is 22.2. The minimum absolute atomic E-state index is 0.142. The quantitative estimate of drug-likeness (QED) is 0.256. The third-order valence-corrected chi connectivity index (χ3v) is 4.55. The second-order valence-electron chi connectivity index (χ2n) is 6.90. The molecule has 0 unspecified atom stereocenters. The molecule has 0 fully saturated rings. The van der Waals surface area contributed by atoms with Crippen LogP contribution in [0.2, 0.25) is 0 Å². The van der Waals surface area contributed by atoms with Crippen LogP contribution in [0.25, 0.3) is 6.08 Å². The molecular formula is C26H20N2O4. The Labute approximate surface area is 185 Å². The van der Waals surface area contributed by atoms with Crippen LogP contribution in [0.5, 0.6) is 0 Å². The summed E-state index contributed by atoms with van der Waals surface area (Å²) in [6.07, 6.45) is 0.107. The monoisotopic (exact) mass is 424 g/mol. The van der Waals surface area contributed by atoms with Gasteiger partial charge in [0, 0.05) is 16.8 Å². The molecule has 3 aromatic rings. The first-order chi connectivity index (χ1) is 15.5. The molecule has 0 bridgehead atoms. The van der Waals surface area contributed by atoms with Gasteiger partial charge in [-0.2, -0.15) is 5.26 Å². The molecule has 1 atom stereocenters. The predicted octanol–water partition coefficient (Wildman–Crippen LogP) is 4.72. The molecule has 0 spiro atoms. The zero-order valence-corrected chi connectivity index (χ0v) is 17.3. The Kier molecular flexibility index (Phi) is 7.29. The van der Waals surface area contributed by atoms with E-state index >= 15 is 0 Å². The highest BCUT2D eigenvalue weighted by molar-refractivity contribution is 6.02. The van der Waals surface area contributed by atoms with Crippen molar-refractivity contribution in [3.8, 4) is 6.07 Å². The molecule has 0 aromatic heterocycles. The molecule has 0 saturated carbocycles. The van der Waals surface area contributed by atoms with Crippen LogP contribution in [0.1, 0.15) is 34.5 Å². The summed E-state index contributed by atoms with van der Waals surface area (Å²) in [5.41, 5.74) is 1.69. The number of ether oxygens (including phenoxy) is 1. The van der Waals surface area contributed by atoms with Gasteiger partial charge in [0.15, 0.2) is 5.78 Å². The van der Waals surface area contributed by atoms with E-state index in [-0.39, 0.29) is 11.4 Å². The highest BCUT2D eigenvalue weighted by Crippen LogP contribution is 2.22.